The van der Waals surface area contributed by atoms with E-state index >= 15 is 0 Å². The van der Waals surface area contributed by atoms with Crippen molar-refractivity contribution in [2.45, 2.75) is 11.8 Å². The van der Waals surface area contributed by atoms with E-state index in [0.717, 1.165) is 7.05 Å². The normalized spacial score (nSPS) is 29.2. The highest BCUT2D eigenvalue weighted by Crippen LogP contribution is 2.46. The highest BCUT2D eigenvalue weighted by atomic mass is 19.3. The monoisotopic (exact) mass is 185 g/mol. The SMILES string of the molecule is CN=C1C=C(F)C(F)(F)C1(F)F. The number of alkyl halides is 4. The van der Waals surface area contributed by atoms with E-state index in [4.69, 9.17) is 0 Å². The van der Waals surface area contributed by atoms with E-state index in [0.29, 0.717) is 0 Å². The van der Waals surface area contributed by atoms with Crippen LogP contribution in [0.4, 0.5) is 22.0 Å². The molecule has 6 heteroatoms. The van der Waals surface area contributed by atoms with Crippen molar-refractivity contribution in [3.63, 3.8) is 0 Å². The Kier molecular flexibility index (Phi) is 1.73. The Balaban J connectivity index is 3.22. The average Bonchev–Trinajstić information content (AvgIpc) is 2.10. The van der Waals surface area contributed by atoms with Crippen LogP contribution >= 0.6 is 0 Å². The third-order valence-corrected chi connectivity index (χ3v) is 1.52. The van der Waals surface area contributed by atoms with Crippen LogP contribution in [0.25, 0.3) is 0 Å². The number of nitrogens with zero attached hydrogens (tertiary/aromatic N) is 1. The quantitative estimate of drug-likeness (QED) is 0.513. The summed E-state index contributed by atoms with van der Waals surface area (Å²) in [6, 6.07) is 0. The van der Waals surface area contributed by atoms with E-state index < -0.39 is 23.4 Å². The van der Waals surface area contributed by atoms with Crippen LogP contribution in [-0.2, 0) is 0 Å². The molecule has 0 aromatic heterocycles. The lowest BCUT2D eigenvalue weighted by Crippen LogP contribution is -2.41. The highest BCUT2D eigenvalue weighted by molar-refractivity contribution is 6.04. The molecule has 0 aromatic carbocycles. The zero-order valence-electron chi connectivity index (χ0n) is 5.91. The first kappa shape index (κ1) is 9.15. The second-order valence-corrected chi connectivity index (χ2v) is 2.25. The van der Waals surface area contributed by atoms with Crippen LogP contribution in [0.5, 0.6) is 0 Å². The van der Waals surface area contributed by atoms with Gasteiger partial charge in [0.2, 0.25) is 0 Å². The van der Waals surface area contributed by atoms with Gasteiger partial charge < -0.3 is 0 Å². The van der Waals surface area contributed by atoms with Gasteiger partial charge in [-0.2, -0.15) is 17.6 Å². The molecule has 1 rings (SSSR count). The van der Waals surface area contributed by atoms with Crippen molar-refractivity contribution in [2.24, 2.45) is 4.99 Å². The molecule has 0 saturated heterocycles. The molecule has 0 heterocycles. The lowest BCUT2D eigenvalue weighted by atomic mass is 10.2. The predicted octanol–water partition coefficient (Wildman–Crippen LogP) is 2.19. The maximum Gasteiger partial charge on any atom is 0.366 e. The van der Waals surface area contributed by atoms with Gasteiger partial charge in [0, 0.05) is 13.1 Å². The third-order valence-electron chi connectivity index (χ3n) is 1.52. The summed E-state index contributed by atoms with van der Waals surface area (Å²) in [5.74, 6) is -11.4. The Labute approximate surface area is 64.6 Å². The number of rotatable bonds is 0. The molecule has 0 spiro atoms. The molecule has 0 N–H and O–H groups in total. The zero-order chi connectivity index (χ0) is 9.57. The fraction of sp³-hybridized carbons (Fsp3) is 0.500. The van der Waals surface area contributed by atoms with Gasteiger partial charge in [-0.1, -0.05) is 0 Å². The molecule has 0 bridgehead atoms. The Bertz CT molecular complexity index is 265. The van der Waals surface area contributed by atoms with E-state index in [2.05, 4.69) is 4.99 Å². The van der Waals surface area contributed by atoms with Crippen molar-refractivity contribution in [3.8, 4) is 0 Å². The fourth-order valence-corrected chi connectivity index (χ4v) is 0.817. The molecule has 0 amide bonds. The Hall–Kier alpha value is -0.940. The van der Waals surface area contributed by atoms with Crippen molar-refractivity contribution >= 4 is 5.71 Å². The number of aliphatic imine (C=N–C) groups is 1. The van der Waals surface area contributed by atoms with E-state index in [1.54, 1.807) is 0 Å². The second-order valence-electron chi connectivity index (χ2n) is 2.25. The van der Waals surface area contributed by atoms with E-state index in [-0.39, 0.29) is 6.08 Å². The van der Waals surface area contributed by atoms with Crippen LogP contribution in [0.3, 0.4) is 0 Å². The van der Waals surface area contributed by atoms with Crippen LogP contribution in [-0.4, -0.2) is 24.6 Å². The minimum absolute atomic E-state index is 0.0556. The molecule has 1 nitrogen and oxygen atoms in total. The molecular weight excluding hydrogens is 181 g/mol. The van der Waals surface area contributed by atoms with Gasteiger partial charge in [0.25, 0.3) is 0 Å². The number of hydrogen-bond donors (Lipinski definition) is 0. The minimum Gasteiger partial charge on any atom is -0.286 e. The summed E-state index contributed by atoms with van der Waals surface area (Å²) < 4.78 is 61.7. The van der Waals surface area contributed by atoms with Gasteiger partial charge in [0.15, 0.2) is 5.83 Å². The maximum atomic E-state index is 12.5. The Morgan fingerprint density at radius 1 is 1.17 bits per heavy atom. The van der Waals surface area contributed by atoms with Gasteiger partial charge in [0.1, 0.15) is 5.71 Å². The summed E-state index contributed by atoms with van der Waals surface area (Å²) in [5.41, 5.74) is -1.23. The van der Waals surface area contributed by atoms with E-state index in [9.17, 15) is 22.0 Å². The van der Waals surface area contributed by atoms with Crippen molar-refractivity contribution in [1.82, 2.24) is 0 Å². The summed E-state index contributed by atoms with van der Waals surface area (Å²) in [6.07, 6.45) is 0.0556. The van der Waals surface area contributed by atoms with Gasteiger partial charge in [0.05, 0.1) is 0 Å². The molecule has 1 aliphatic rings. The molecule has 0 aromatic rings. The summed E-state index contributed by atoms with van der Waals surface area (Å²) in [7, 11) is 0.897. The lowest BCUT2D eigenvalue weighted by Gasteiger charge is -2.18. The maximum absolute atomic E-state index is 12.5. The molecule has 0 radical (unpaired) electrons. The molecule has 1 aliphatic carbocycles. The number of halogens is 5. The van der Waals surface area contributed by atoms with Crippen molar-refractivity contribution in [1.29, 1.82) is 0 Å². The molecule has 0 saturated carbocycles. The molecule has 0 unspecified atom stereocenters. The summed E-state index contributed by atoms with van der Waals surface area (Å²) in [4.78, 5) is 2.86. The first-order valence-corrected chi connectivity index (χ1v) is 2.94. The second kappa shape index (κ2) is 2.27. The van der Waals surface area contributed by atoms with Gasteiger partial charge >= 0.3 is 11.8 Å². The van der Waals surface area contributed by atoms with E-state index in [1.165, 1.54) is 0 Å². The molecular formula is C6H4F5N. The highest BCUT2D eigenvalue weighted by Gasteiger charge is 2.66. The van der Waals surface area contributed by atoms with Gasteiger partial charge in [-0.15, -0.1) is 0 Å². The lowest BCUT2D eigenvalue weighted by molar-refractivity contribution is -0.144. The van der Waals surface area contributed by atoms with Gasteiger partial charge in [-0.3, -0.25) is 4.99 Å². The summed E-state index contributed by atoms with van der Waals surface area (Å²) in [5, 5.41) is 0. The van der Waals surface area contributed by atoms with Crippen LogP contribution in [0.2, 0.25) is 0 Å². The standard InChI is InChI=1S/C6H4F5N/c1-12-4-2-3(7)5(8,9)6(4,10)11/h2H,1H3. The van der Waals surface area contributed by atoms with Crippen molar-refractivity contribution < 1.29 is 22.0 Å². The Morgan fingerprint density at radius 3 is 1.83 bits per heavy atom. The van der Waals surface area contributed by atoms with Gasteiger partial charge in [-0.05, 0) is 0 Å². The molecule has 12 heavy (non-hydrogen) atoms. The Morgan fingerprint density at radius 2 is 1.67 bits per heavy atom. The van der Waals surface area contributed by atoms with E-state index in [1.807, 2.05) is 0 Å². The van der Waals surface area contributed by atoms with Crippen molar-refractivity contribution in [3.05, 3.63) is 11.9 Å². The summed E-state index contributed by atoms with van der Waals surface area (Å²) in [6.45, 7) is 0. The first-order valence-electron chi connectivity index (χ1n) is 2.94. The molecule has 0 aliphatic heterocycles. The predicted molar refractivity (Wildman–Crippen MR) is 32.4 cm³/mol. The van der Waals surface area contributed by atoms with Gasteiger partial charge in [-0.25, -0.2) is 4.39 Å². The number of allylic oxidation sites excluding steroid dienone is 2. The fourth-order valence-electron chi connectivity index (χ4n) is 0.817. The molecule has 0 atom stereocenters. The average molecular weight is 185 g/mol. The topological polar surface area (TPSA) is 12.4 Å². The van der Waals surface area contributed by atoms with Crippen LogP contribution in [0.15, 0.2) is 16.9 Å². The largest absolute Gasteiger partial charge is 0.366 e. The van der Waals surface area contributed by atoms with Crippen molar-refractivity contribution in [2.75, 3.05) is 7.05 Å². The third kappa shape index (κ3) is 0.867. The number of hydrogen-bond acceptors (Lipinski definition) is 1. The smallest absolute Gasteiger partial charge is 0.286 e. The first-order chi connectivity index (χ1) is 5.34. The zero-order valence-corrected chi connectivity index (χ0v) is 5.91. The molecule has 0 fully saturated rings. The van der Waals surface area contributed by atoms with Crippen LogP contribution in [0.1, 0.15) is 0 Å². The van der Waals surface area contributed by atoms with Crippen LogP contribution < -0.4 is 0 Å². The van der Waals surface area contributed by atoms with Crippen LogP contribution in [0, 0.1) is 0 Å². The minimum atomic E-state index is -4.75. The summed E-state index contributed by atoms with van der Waals surface area (Å²) >= 11 is 0. The molecule has 68 valence electrons.